The molecule has 12 heteroatoms. The number of aromatic nitrogens is 1. The Bertz CT molecular complexity index is 1800. The molecule has 0 amide bonds. The van der Waals surface area contributed by atoms with Gasteiger partial charge in [-0.3, -0.25) is 19.0 Å². The van der Waals surface area contributed by atoms with E-state index in [2.05, 4.69) is 4.99 Å². The van der Waals surface area contributed by atoms with Crippen molar-refractivity contribution in [1.29, 1.82) is 0 Å². The molecule has 1 aliphatic rings. The molecule has 43 heavy (non-hydrogen) atoms. The van der Waals surface area contributed by atoms with E-state index in [4.69, 9.17) is 23.7 Å². The molecule has 0 fully saturated rings. The summed E-state index contributed by atoms with van der Waals surface area (Å²) in [6.45, 7) is 8.30. The Morgan fingerprint density at radius 2 is 1.56 bits per heavy atom. The van der Waals surface area contributed by atoms with Crippen LogP contribution in [0.3, 0.4) is 0 Å². The Kier molecular flexibility index (Phi) is 9.50. The zero-order valence-electron chi connectivity index (χ0n) is 24.9. The molecule has 3 aromatic rings. The van der Waals surface area contributed by atoms with Crippen LogP contribution in [0.1, 0.15) is 51.8 Å². The fraction of sp³-hybridized carbons (Fsp3) is 0.323. The number of carbonyl (C=O) groups is 3. The van der Waals surface area contributed by atoms with E-state index in [0.717, 1.165) is 11.3 Å². The summed E-state index contributed by atoms with van der Waals surface area (Å²) in [5.41, 5.74) is 1.37. The highest BCUT2D eigenvalue weighted by Crippen LogP contribution is 2.36. The fourth-order valence-electron chi connectivity index (χ4n) is 4.48. The summed E-state index contributed by atoms with van der Waals surface area (Å²) in [6.07, 6.45) is 1.67. The minimum Gasteiger partial charge on any atom is -0.493 e. The molecule has 0 bridgehead atoms. The third kappa shape index (κ3) is 6.86. The van der Waals surface area contributed by atoms with Gasteiger partial charge in [0.1, 0.15) is 0 Å². The lowest BCUT2D eigenvalue weighted by Gasteiger charge is -2.25. The topological polar surface area (TPSA) is 132 Å². The van der Waals surface area contributed by atoms with E-state index >= 15 is 0 Å². The van der Waals surface area contributed by atoms with Crippen LogP contribution in [0.2, 0.25) is 0 Å². The maximum Gasteiger partial charge on any atom is 0.338 e. The lowest BCUT2D eigenvalue weighted by Crippen LogP contribution is -2.40. The lowest BCUT2D eigenvalue weighted by atomic mass is 9.95. The number of hydrogen-bond acceptors (Lipinski definition) is 11. The molecule has 0 N–H and O–H groups in total. The van der Waals surface area contributed by atoms with Gasteiger partial charge in [0.2, 0.25) is 0 Å². The number of methoxy groups -OCH3 is 2. The van der Waals surface area contributed by atoms with Crippen LogP contribution in [0.15, 0.2) is 57.5 Å². The zero-order valence-corrected chi connectivity index (χ0v) is 25.7. The minimum absolute atomic E-state index is 0.0943. The van der Waals surface area contributed by atoms with Crippen LogP contribution in [0.25, 0.3) is 6.08 Å². The van der Waals surface area contributed by atoms with Crippen molar-refractivity contribution in [2.75, 3.05) is 20.8 Å². The third-order valence-corrected chi connectivity index (χ3v) is 7.27. The van der Waals surface area contributed by atoms with E-state index in [-0.39, 0.29) is 40.9 Å². The molecule has 0 saturated carbocycles. The van der Waals surface area contributed by atoms with Gasteiger partial charge in [0.05, 0.1) is 42.7 Å². The first-order valence-corrected chi connectivity index (χ1v) is 14.2. The Morgan fingerprint density at radius 3 is 2.14 bits per heavy atom. The molecular weight excluding hydrogens is 576 g/mol. The van der Waals surface area contributed by atoms with Crippen molar-refractivity contribution >= 4 is 35.3 Å². The van der Waals surface area contributed by atoms with Crippen LogP contribution >= 0.6 is 11.3 Å². The monoisotopic (exact) mass is 608 g/mol. The van der Waals surface area contributed by atoms with Crippen molar-refractivity contribution in [3.63, 3.8) is 0 Å². The number of rotatable bonds is 9. The van der Waals surface area contributed by atoms with Crippen molar-refractivity contribution < 1.29 is 38.1 Å². The number of esters is 3. The molecule has 2 heterocycles. The average molecular weight is 609 g/mol. The summed E-state index contributed by atoms with van der Waals surface area (Å²) < 4.78 is 28.7. The number of allylic oxidation sites excluding steroid dienone is 1. The normalized spacial score (nSPS) is 14.6. The highest BCUT2D eigenvalue weighted by atomic mass is 32.1. The van der Waals surface area contributed by atoms with Gasteiger partial charge < -0.3 is 23.7 Å². The predicted octanol–water partition coefficient (Wildman–Crippen LogP) is 3.30. The molecule has 226 valence electrons. The summed E-state index contributed by atoms with van der Waals surface area (Å²) in [7, 11) is 2.88. The number of nitrogens with zero attached hydrogens (tertiary/aromatic N) is 2. The average Bonchev–Trinajstić information content (AvgIpc) is 3.25. The predicted molar refractivity (Wildman–Crippen MR) is 158 cm³/mol. The van der Waals surface area contributed by atoms with Gasteiger partial charge in [-0.05, 0) is 54.3 Å². The molecule has 0 spiro atoms. The van der Waals surface area contributed by atoms with Gasteiger partial charge in [-0.1, -0.05) is 37.3 Å². The Labute approximate surface area is 251 Å². The van der Waals surface area contributed by atoms with E-state index in [1.807, 2.05) is 13.8 Å². The van der Waals surface area contributed by atoms with Crippen LogP contribution in [0, 0.1) is 5.92 Å². The molecule has 11 nitrogen and oxygen atoms in total. The molecule has 1 aliphatic heterocycles. The van der Waals surface area contributed by atoms with Gasteiger partial charge in [-0.25, -0.2) is 9.79 Å². The van der Waals surface area contributed by atoms with Crippen molar-refractivity contribution in [1.82, 2.24) is 4.57 Å². The van der Waals surface area contributed by atoms with E-state index in [1.54, 1.807) is 49.4 Å². The van der Waals surface area contributed by atoms with Gasteiger partial charge in [0, 0.05) is 13.8 Å². The van der Waals surface area contributed by atoms with Crippen molar-refractivity contribution in [3.8, 4) is 23.0 Å². The number of benzene rings is 2. The Balaban J connectivity index is 1.90. The highest BCUT2D eigenvalue weighted by molar-refractivity contribution is 7.07. The zero-order chi connectivity index (χ0) is 31.4. The summed E-state index contributed by atoms with van der Waals surface area (Å²) in [5, 5.41) is 0. The second kappa shape index (κ2) is 13.1. The molecule has 0 radical (unpaired) electrons. The first-order valence-electron chi connectivity index (χ1n) is 13.4. The van der Waals surface area contributed by atoms with Crippen molar-refractivity contribution in [2.45, 2.75) is 40.7 Å². The van der Waals surface area contributed by atoms with Crippen molar-refractivity contribution in [2.24, 2.45) is 10.9 Å². The fourth-order valence-corrected chi connectivity index (χ4v) is 5.52. The molecule has 0 saturated heterocycles. The van der Waals surface area contributed by atoms with Crippen LogP contribution in [-0.2, 0) is 19.1 Å². The van der Waals surface area contributed by atoms with Gasteiger partial charge >= 0.3 is 17.9 Å². The molecule has 1 atom stereocenters. The first-order chi connectivity index (χ1) is 20.4. The van der Waals surface area contributed by atoms with Crippen LogP contribution in [0.4, 0.5) is 0 Å². The number of carbonyl (C=O) groups excluding carboxylic acids is 3. The van der Waals surface area contributed by atoms with Gasteiger partial charge in [0.15, 0.2) is 27.8 Å². The van der Waals surface area contributed by atoms with Crippen LogP contribution in [0.5, 0.6) is 23.0 Å². The van der Waals surface area contributed by atoms with Crippen molar-refractivity contribution in [3.05, 3.63) is 78.5 Å². The lowest BCUT2D eigenvalue weighted by molar-refractivity contribution is -0.140. The number of fused-ring (bicyclic) bond motifs is 1. The molecule has 1 aromatic heterocycles. The summed E-state index contributed by atoms with van der Waals surface area (Å²) >= 11 is 1.16. The van der Waals surface area contributed by atoms with Gasteiger partial charge in [-0.15, -0.1) is 0 Å². The number of thiazole rings is 1. The van der Waals surface area contributed by atoms with Gasteiger partial charge in [0.25, 0.3) is 5.56 Å². The number of hydrogen-bond donors (Lipinski definition) is 0. The minimum atomic E-state index is -0.904. The second-order valence-corrected chi connectivity index (χ2v) is 11.1. The van der Waals surface area contributed by atoms with E-state index < -0.39 is 23.9 Å². The largest absolute Gasteiger partial charge is 0.493 e. The van der Waals surface area contributed by atoms with Crippen LogP contribution in [-0.4, -0.2) is 43.3 Å². The standard InChI is InChI=1S/C31H32N2O9S/c1-16(2)15-40-30(37)27-17(3)32-31-33(28(27)21-9-11-23(42-19(5)35)25(14-21)39-7)29(36)26(43-31)13-20-8-10-22(41-18(4)34)24(12-20)38-6/h8-14,16,28H,15H2,1-7H3/b26-13+/t28-/m1/s1. The third-order valence-electron chi connectivity index (χ3n) is 6.29. The maximum atomic E-state index is 14.0. The van der Waals surface area contributed by atoms with Gasteiger partial charge in [-0.2, -0.15) is 0 Å². The Hall–Kier alpha value is -4.71. The Morgan fingerprint density at radius 1 is 0.953 bits per heavy atom. The molecular formula is C31H32N2O9S. The second-order valence-electron chi connectivity index (χ2n) is 10.1. The molecule has 2 aromatic carbocycles. The quantitative estimate of drug-likeness (QED) is 0.265. The van der Waals surface area contributed by atoms with E-state index in [0.29, 0.717) is 31.9 Å². The SMILES string of the molecule is COc1cc(/C=c2/sc3n(c2=O)[C@H](c2ccc(OC(C)=O)c(OC)c2)C(C(=O)OCC(C)C)=C(C)N=3)ccc1OC(C)=O. The highest BCUT2D eigenvalue weighted by Gasteiger charge is 2.34. The summed E-state index contributed by atoms with van der Waals surface area (Å²) in [5.74, 6) is -0.498. The molecule has 0 aliphatic carbocycles. The summed E-state index contributed by atoms with van der Waals surface area (Å²) in [6, 6.07) is 8.84. The maximum absolute atomic E-state index is 14.0. The van der Waals surface area contributed by atoms with Crippen LogP contribution < -0.4 is 33.8 Å². The number of ether oxygens (including phenoxy) is 5. The van der Waals surface area contributed by atoms with E-state index in [9.17, 15) is 19.2 Å². The molecule has 0 unspecified atom stereocenters. The molecule has 4 rings (SSSR count). The van der Waals surface area contributed by atoms with E-state index in [1.165, 1.54) is 32.6 Å². The smallest absolute Gasteiger partial charge is 0.338 e. The summed E-state index contributed by atoms with van der Waals surface area (Å²) in [4.78, 5) is 55.5. The first kappa shape index (κ1) is 31.2.